The van der Waals surface area contributed by atoms with Crippen LogP contribution in [0.4, 0.5) is 0 Å². The Bertz CT molecular complexity index is 368. The van der Waals surface area contributed by atoms with Crippen molar-refractivity contribution in [1.29, 1.82) is 0 Å². The molecule has 1 heterocycles. The van der Waals surface area contributed by atoms with Gasteiger partial charge in [0.15, 0.2) is 5.25 Å². The molecule has 0 aromatic rings. The Kier molecular flexibility index (Phi) is 3.92. The smallest absolute Gasteiger partial charge is 0.323 e. The van der Waals surface area contributed by atoms with Crippen LogP contribution in [0.1, 0.15) is 20.3 Å². The maximum atomic E-state index is 11.9. The average molecular weight is 250 g/mol. The van der Waals surface area contributed by atoms with Crippen LogP contribution in [0.2, 0.25) is 0 Å². The molecular weight excluding hydrogens is 232 g/mol. The number of nitrogens with two attached hydrogens (primary N) is 1. The van der Waals surface area contributed by atoms with Crippen LogP contribution in [0, 0.1) is 5.92 Å². The van der Waals surface area contributed by atoms with E-state index in [1.807, 2.05) is 6.92 Å². The molecule has 1 rings (SSSR count). The molecule has 3 N–H and O–H groups in total. The van der Waals surface area contributed by atoms with Gasteiger partial charge in [0.05, 0.1) is 0 Å². The zero-order chi connectivity index (χ0) is 12.5. The van der Waals surface area contributed by atoms with Crippen LogP contribution in [0.3, 0.4) is 0 Å². The Morgan fingerprint density at radius 2 is 2.12 bits per heavy atom. The van der Waals surface area contributed by atoms with E-state index in [4.69, 9.17) is 10.8 Å². The average Bonchev–Trinajstić information content (AvgIpc) is 2.20. The van der Waals surface area contributed by atoms with E-state index in [1.54, 1.807) is 0 Å². The van der Waals surface area contributed by atoms with Gasteiger partial charge in [-0.1, -0.05) is 6.92 Å². The monoisotopic (exact) mass is 250 g/mol. The fraction of sp³-hybridized carbons (Fsp3) is 0.889. The molecule has 0 saturated carbocycles. The second-order valence-corrected chi connectivity index (χ2v) is 6.57. The summed E-state index contributed by atoms with van der Waals surface area (Å²) in [4.78, 5) is 10.7. The summed E-state index contributed by atoms with van der Waals surface area (Å²) in [5.41, 5.74) is 5.78. The van der Waals surface area contributed by atoms with Gasteiger partial charge < -0.3 is 10.8 Å². The number of hydrogen-bond acceptors (Lipinski definition) is 4. The predicted octanol–water partition coefficient (Wildman–Crippen LogP) is -0.542. The van der Waals surface area contributed by atoms with Gasteiger partial charge in [0.2, 0.25) is 10.0 Å². The van der Waals surface area contributed by atoms with E-state index in [1.165, 1.54) is 11.2 Å². The molecule has 1 fully saturated rings. The normalized spacial score (nSPS) is 29.9. The van der Waals surface area contributed by atoms with Gasteiger partial charge in [0.1, 0.15) is 0 Å². The van der Waals surface area contributed by atoms with Crippen LogP contribution in [0.15, 0.2) is 0 Å². The molecule has 0 spiro atoms. The first kappa shape index (κ1) is 13.4. The molecule has 94 valence electrons. The van der Waals surface area contributed by atoms with Crippen LogP contribution in [-0.2, 0) is 14.8 Å². The second kappa shape index (κ2) is 4.68. The van der Waals surface area contributed by atoms with E-state index in [2.05, 4.69) is 0 Å². The van der Waals surface area contributed by atoms with Crippen LogP contribution >= 0.6 is 0 Å². The minimum absolute atomic E-state index is 0.00779. The van der Waals surface area contributed by atoms with Gasteiger partial charge in [-0.3, -0.25) is 4.79 Å². The van der Waals surface area contributed by atoms with Gasteiger partial charge in [-0.2, -0.15) is 0 Å². The molecule has 1 aliphatic heterocycles. The third kappa shape index (κ3) is 2.53. The molecule has 0 aliphatic carbocycles. The zero-order valence-electron chi connectivity index (χ0n) is 9.46. The fourth-order valence-electron chi connectivity index (χ4n) is 1.71. The summed E-state index contributed by atoms with van der Waals surface area (Å²) < 4.78 is 25.0. The van der Waals surface area contributed by atoms with Crippen molar-refractivity contribution in [1.82, 2.24) is 4.31 Å². The first-order chi connectivity index (χ1) is 7.26. The van der Waals surface area contributed by atoms with E-state index in [0.29, 0.717) is 19.5 Å². The molecule has 3 atom stereocenters. The van der Waals surface area contributed by atoms with Crippen molar-refractivity contribution in [3.8, 4) is 0 Å². The lowest BCUT2D eigenvalue weighted by Gasteiger charge is -2.34. The highest BCUT2D eigenvalue weighted by Gasteiger charge is 2.37. The van der Waals surface area contributed by atoms with Gasteiger partial charge >= 0.3 is 5.97 Å². The summed E-state index contributed by atoms with van der Waals surface area (Å²) in [5, 5.41) is 7.34. The maximum Gasteiger partial charge on any atom is 0.323 e. The van der Waals surface area contributed by atoms with Gasteiger partial charge in [0, 0.05) is 19.1 Å². The van der Waals surface area contributed by atoms with Crippen LogP contribution in [0.5, 0.6) is 0 Å². The molecule has 16 heavy (non-hydrogen) atoms. The van der Waals surface area contributed by atoms with Crippen molar-refractivity contribution in [2.75, 3.05) is 13.1 Å². The first-order valence-corrected chi connectivity index (χ1v) is 6.74. The molecule has 6 nitrogen and oxygen atoms in total. The predicted molar refractivity (Wildman–Crippen MR) is 59.3 cm³/mol. The molecule has 3 unspecified atom stereocenters. The van der Waals surface area contributed by atoms with Crippen LogP contribution in [0.25, 0.3) is 0 Å². The van der Waals surface area contributed by atoms with Crippen LogP contribution in [-0.4, -0.2) is 48.2 Å². The van der Waals surface area contributed by atoms with E-state index < -0.39 is 21.2 Å². The minimum atomic E-state index is -3.74. The first-order valence-electron chi connectivity index (χ1n) is 5.24. The Morgan fingerprint density at radius 3 is 2.56 bits per heavy atom. The largest absolute Gasteiger partial charge is 0.480 e. The summed E-state index contributed by atoms with van der Waals surface area (Å²) in [6.45, 7) is 3.68. The number of carboxylic acids is 1. The van der Waals surface area contributed by atoms with E-state index in [9.17, 15) is 13.2 Å². The number of hydrogen-bond donors (Lipinski definition) is 2. The zero-order valence-corrected chi connectivity index (χ0v) is 10.3. The standard InChI is InChI=1S/C9H18N2O4S/c1-6-5-11(4-3-8(6)10)16(14,15)7(2)9(12)13/h6-8H,3-5,10H2,1-2H3,(H,12,13). The fourth-order valence-corrected chi connectivity index (χ4v) is 3.21. The Labute approximate surface area is 95.5 Å². The topological polar surface area (TPSA) is 101 Å². The van der Waals surface area contributed by atoms with Crippen molar-refractivity contribution >= 4 is 16.0 Å². The van der Waals surface area contributed by atoms with Crippen molar-refractivity contribution in [3.63, 3.8) is 0 Å². The Balaban J connectivity index is 2.82. The van der Waals surface area contributed by atoms with Crippen molar-refractivity contribution in [2.24, 2.45) is 11.7 Å². The third-order valence-corrected chi connectivity index (χ3v) is 5.24. The molecular formula is C9H18N2O4S. The quantitative estimate of drug-likeness (QED) is 0.700. The van der Waals surface area contributed by atoms with Gasteiger partial charge in [0.25, 0.3) is 0 Å². The molecule has 0 bridgehead atoms. The number of nitrogens with zero attached hydrogens (tertiary/aromatic N) is 1. The SMILES string of the molecule is CC1CN(S(=O)(=O)C(C)C(=O)O)CCC1N. The number of sulfonamides is 1. The molecule has 0 aromatic carbocycles. The lowest BCUT2D eigenvalue weighted by Crippen LogP contribution is -2.51. The van der Waals surface area contributed by atoms with Gasteiger partial charge in [-0.25, -0.2) is 12.7 Å². The summed E-state index contributed by atoms with van der Waals surface area (Å²) in [6, 6.07) is -0.00779. The molecule has 0 amide bonds. The molecule has 0 radical (unpaired) electrons. The summed E-state index contributed by atoms with van der Waals surface area (Å²) in [7, 11) is -3.74. The number of carboxylic acid groups (broad SMARTS) is 1. The maximum absolute atomic E-state index is 11.9. The van der Waals surface area contributed by atoms with E-state index in [-0.39, 0.29) is 12.0 Å². The van der Waals surface area contributed by atoms with Gasteiger partial charge in [-0.05, 0) is 19.3 Å². The summed E-state index contributed by atoms with van der Waals surface area (Å²) in [5.74, 6) is -1.26. The lowest BCUT2D eigenvalue weighted by molar-refractivity contribution is -0.136. The van der Waals surface area contributed by atoms with E-state index in [0.717, 1.165) is 0 Å². The summed E-state index contributed by atoms with van der Waals surface area (Å²) in [6.07, 6.45) is 0.576. The van der Waals surface area contributed by atoms with Crippen molar-refractivity contribution in [3.05, 3.63) is 0 Å². The minimum Gasteiger partial charge on any atom is -0.480 e. The van der Waals surface area contributed by atoms with Crippen molar-refractivity contribution in [2.45, 2.75) is 31.6 Å². The van der Waals surface area contributed by atoms with Crippen molar-refractivity contribution < 1.29 is 18.3 Å². The van der Waals surface area contributed by atoms with Crippen LogP contribution < -0.4 is 5.73 Å². The highest BCUT2D eigenvalue weighted by atomic mass is 32.2. The number of piperidine rings is 1. The second-order valence-electron chi connectivity index (χ2n) is 4.31. The number of aliphatic carboxylic acids is 1. The summed E-state index contributed by atoms with van der Waals surface area (Å²) >= 11 is 0. The van der Waals surface area contributed by atoms with E-state index >= 15 is 0 Å². The van der Waals surface area contributed by atoms with Gasteiger partial charge in [-0.15, -0.1) is 0 Å². The highest BCUT2D eigenvalue weighted by molar-refractivity contribution is 7.90. The molecule has 0 aromatic heterocycles. The molecule has 1 saturated heterocycles. The Hall–Kier alpha value is -0.660. The Morgan fingerprint density at radius 1 is 1.56 bits per heavy atom. The lowest BCUT2D eigenvalue weighted by atomic mass is 9.96. The third-order valence-electron chi connectivity index (χ3n) is 3.09. The highest BCUT2D eigenvalue weighted by Crippen LogP contribution is 2.20. The molecule has 1 aliphatic rings. The molecule has 7 heteroatoms. The number of rotatable bonds is 3. The number of carbonyl (C=O) groups is 1.